The molecule has 0 aliphatic rings. The van der Waals surface area contributed by atoms with Crippen LogP contribution in [0, 0.1) is 0 Å². The normalized spacial score (nSPS) is 11.5. The summed E-state index contributed by atoms with van der Waals surface area (Å²) < 4.78 is 4.55. The van der Waals surface area contributed by atoms with Crippen LogP contribution in [0.3, 0.4) is 0 Å². The lowest BCUT2D eigenvalue weighted by Crippen LogP contribution is -2.04. The van der Waals surface area contributed by atoms with Gasteiger partial charge >= 0.3 is 0 Å². The van der Waals surface area contributed by atoms with Crippen molar-refractivity contribution in [1.82, 2.24) is 9.13 Å². The maximum atomic E-state index is 14.0. The fraction of sp³-hybridized carbons (Fsp3) is 0. The molecule has 9 aromatic rings. The molecule has 0 N–H and O–H groups in total. The van der Waals surface area contributed by atoms with E-state index in [9.17, 15) is 4.79 Å². The summed E-state index contributed by atoms with van der Waals surface area (Å²) in [5.74, 6) is -0.0219. The highest BCUT2D eigenvalue weighted by Crippen LogP contribution is 2.34. The molecule has 7 aromatic carbocycles. The first-order valence-electron chi connectivity index (χ1n) is 16.2. The molecule has 3 heteroatoms. The third kappa shape index (κ3) is 4.40. The summed E-state index contributed by atoms with van der Waals surface area (Å²) >= 11 is 0. The van der Waals surface area contributed by atoms with Gasteiger partial charge in [0.25, 0.3) is 0 Å². The Balaban J connectivity index is 1.07. The van der Waals surface area contributed by atoms with Gasteiger partial charge in [-0.05, 0) is 71.3 Å². The van der Waals surface area contributed by atoms with Gasteiger partial charge in [-0.1, -0.05) is 122 Å². The van der Waals surface area contributed by atoms with Gasteiger partial charge < -0.3 is 9.13 Å². The summed E-state index contributed by atoms with van der Waals surface area (Å²) in [5, 5.41) is 4.84. The van der Waals surface area contributed by atoms with Crippen molar-refractivity contribution >= 4 is 55.0 Å². The molecule has 0 aliphatic carbocycles. The number of ketones is 1. The first kappa shape index (κ1) is 27.8. The van der Waals surface area contributed by atoms with E-state index in [1.54, 1.807) is 0 Å². The van der Waals surface area contributed by atoms with E-state index in [4.69, 9.17) is 0 Å². The van der Waals surface area contributed by atoms with Gasteiger partial charge in [-0.25, -0.2) is 0 Å². The summed E-state index contributed by atoms with van der Waals surface area (Å²) in [4.78, 5) is 14.0. The molecule has 0 aliphatic heterocycles. The number of benzene rings is 7. The Morgan fingerprint density at radius 2 is 0.708 bits per heavy atom. The van der Waals surface area contributed by atoms with Crippen LogP contribution in [0.25, 0.3) is 60.6 Å². The smallest absolute Gasteiger partial charge is 0.193 e. The standard InChI is InChI=1S/C45H30N2O/c1-30(32-14-11-17-35(28-32)46-41-23-6-2-19-37(41)38-20-3-7-24-42(38)46)31-13-10-15-33(27-31)45(48)34-16-12-18-36(29-34)47-43-25-8-4-21-39(43)40-22-5-9-26-44(40)47/h2-29H,1H2. The molecular formula is C45H30N2O. The number of carbonyl (C=O) groups is 1. The van der Waals surface area contributed by atoms with Crippen LogP contribution in [0.4, 0.5) is 0 Å². The summed E-state index contributed by atoms with van der Waals surface area (Å²) in [5.41, 5.74) is 10.7. The monoisotopic (exact) mass is 614 g/mol. The van der Waals surface area contributed by atoms with Crippen LogP contribution < -0.4 is 0 Å². The van der Waals surface area contributed by atoms with Crippen molar-refractivity contribution in [3.63, 3.8) is 0 Å². The molecule has 0 amide bonds. The van der Waals surface area contributed by atoms with Gasteiger partial charge in [0.1, 0.15) is 0 Å². The average Bonchev–Trinajstić information content (AvgIpc) is 3.68. The highest BCUT2D eigenvalue weighted by atomic mass is 16.1. The molecule has 2 heterocycles. The highest BCUT2D eigenvalue weighted by molar-refractivity contribution is 6.12. The van der Waals surface area contributed by atoms with E-state index in [0.717, 1.165) is 50.1 Å². The Labute approximate surface area is 278 Å². The molecule has 0 unspecified atom stereocenters. The van der Waals surface area contributed by atoms with Crippen LogP contribution in [0.1, 0.15) is 27.0 Å². The zero-order chi connectivity index (χ0) is 32.2. The van der Waals surface area contributed by atoms with Gasteiger partial charge in [-0.2, -0.15) is 0 Å². The fourth-order valence-corrected chi connectivity index (χ4v) is 7.20. The lowest BCUT2D eigenvalue weighted by atomic mass is 9.95. The number of hydrogen-bond donors (Lipinski definition) is 0. The first-order chi connectivity index (χ1) is 23.7. The number of para-hydroxylation sites is 4. The average molecular weight is 615 g/mol. The molecule has 0 bridgehead atoms. The van der Waals surface area contributed by atoms with E-state index in [0.29, 0.717) is 11.1 Å². The predicted octanol–water partition coefficient (Wildman–Crippen LogP) is 11.2. The topological polar surface area (TPSA) is 26.9 Å². The molecule has 0 fully saturated rings. The maximum Gasteiger partial charge on any atom is 0.193 e. The molecular weight excluding hydrogens is 585 g/mol. The van der Waals surface area contributed by atoms with E-state index in [-0.39, 0.29) is 5.78 Å². The van der Waals surface area contributed by atoms with E-state index in [1.165, 1.54) is 21.5 Å². The number of rotatable bonds is 6. The number of aromatic nitrogens is 2. The van der Waals surface area contributed by atoms with Crippen LogP contribution in [0.5, 0.6) is 0 Å². The Morgan fingerprint density at radius 1 is 0.375 bits per heavy atom. The summed E-state index contributed by atoms with van der Waals surface area (Å²) in [6.45, 7) is 4.50. The molecule has 226 valence electrons. The minimum atomic E-state index is -0.0219. The maximum absolute atomic E-state index is 14.0. The second kappa shape index (κ2) is 11.1. The number of hydrogen-bond acceptors (Lipinski definition) is 1. The lowest BCUT2D eigenvalue weighted by molar-refractivity contribution is 0.103. The van der Waals surface area contributed by atoms with Gasteiger partial charge in [0.2, 0.25) is 0 Å². The summed E-state index contributed by atoms with van der Waals surface area (Å²) in [7, 11) is 0. The first-order valence-corrected chi connectivity index (χ1v) is 16.2. The van der Waals surface area contributed by atoms with Crippen LogP contribution in [0.2, 0.25) is 0 Å². The van der Waals surface area contributed by atoms with Crippen molar-refractivity contribution < 1.29 is 4.79 Å². The molecule has 0 saturated carbocycles. The lowest BCUT2D eigenvalue weighted by Gasteiger charge is -2.13. The van der Waals surface area contributed by atoms with E-state index < -0.39 is 0 Å². The molecule has 2 aromatic heterocycles. The van der Waals surface area contributed by atoms with Crippen molar-refractivity contribution in [3.05, 3.63) is 199 Å². The Bertz CT molecular complexity index is 2430. The predicted molar refractivity (Wildman–Crippen MR) is 200 cm³/mol. The van der Waals surface area contributed by atoms with E-state index in [1.807, 2.05) is 42.5 Å². The summed E-state index contributed by atoms with van der Waals surface area (Å²) in [6, 6.07) is 58.1. The fourth-order valence-electron chi connectivity index (χ4n) is 7.20. The molecule has 0 saturated heterocycles. The second-order valence-electron chi connectivity index (χ2n) is 12.2. The third-order valence-electron chi connectivity index (χ3n) is 9.45. The minimum absolute atomic E-state index is 0.0219. The summed E-state index contributed by atoms with van der Waals surface area (Å²) in [6.07, 6.45) is 0. The molecule has 0 radical (unpaired) electrons. The van der Waals surface area contributed by atoms with Gasteiger partial charge in [-0.15, -0.1) is 0 Å². The molecule has 3 nitrogen and oxygen atoms in total. The van der Waals surface area contributed by atoms with Crippen molar-refractivity contribution in [2.45, 2.75) is 0 Å². The van der Waals surface area contributed by atoms with Crippen LogP contribution in [-0.2, 0) is 0 Å². The quantitative estimate of drug-likeness (QED) is 0.171. The second-order valence-corrected chi connectivity index (χ2v) is 12.2. The van der Waals surface area contributed by atoms with Gasteiger partial charge in [0, 0.05) is 44.0 Å². The highest BCUT2D eigenvalue weighted by Gasteiger charge is 2.16. The van der Waals surface area contributed by atoms with Crippen molar-refractivity contribution in [2.24, 2.45) is 0 Å². The van der Waals surface area contributed by atoms with Gasteiger partial charge in [0.15, 0.2) is 5.78 Å². The molecule has 9 rings (SSSR count). The molecule has 0 spiro atoms. The van der Waals surface area contributed by atoms with E-state index >= 15 is 0 Å². The Morgan fingerprint density at radius 3 is 1.17 bits per heavy atom. The van der Waals surface area contributed by atoms with Crippen LogP contribution >= 0.6 is 0 Å². The molecule has 0 atom stereocenters. The van der Waals surface area contributed by atoms with Crippen molar-refractivity contribution in [1.29, 1.82) is 0 Å². The zero-order valence-electron chi connectivity index (χ0n) is 26.2. The Kier molecular flexibility index (Phi) is 6.44. The van der Waals surface area contributed by atoms with Gasteiger partial charge in [-0.3, -0.25) is 4.79 Å². The van der Waals surface area contributed by atoms with Crippen molar-refractivity contribution in [3.8, 4) is 11.4 Å². The van der Waals surface area contributed by atoms with Crippen LogP contribution in [0.15, 0.2) is 176 Å². The largest absolute Gasteiger partial charge is 0.309 e. The minimum Gasteiger partial charge on any atom is -0.309 e. The van der Waals surface area contributed by atoms with Gasteiger partial charge in [0.05, 0.1) is 22.1 Å². The van der Waals surface area contributed by atoms with Crippen molar-refractivity contribution in [2.75, 3.05) is 0 Å². The number of nitrogens with zero attached hydrogens (tertiary/aromatic N) is 2. The van der Waals surface area contributed by atoms with E-state index in [2.05, 4.69) is 143 Å². The number of fused-ring (bicyclic) bond motifs is 6. The zero-order valence-corrected chi connectivity index (χ0v) is 26.2. The SMILES string of the molecule is C=C(c1cccc(C(=O)c2cccc(-n3c4ccccc4c4ccccc43)c2)c1)c1cccc(-n2c3ccccc3c3ccccc32)c1. The molecule has 48 heavy (non-hydrogen) atoms. The van der Waals surface area contributed by atoms with Crippen LogP contribution in [-0.4, -0.2) is 14.9 Å². The third-order valence-corrected chi connectivity index (χ3v) is 9.45. The Hall–Kier alpha value is -6.45. The number of carbonyl (C=O) groups excluding carboxylic acids is 1.